The van der Waals surface area contributed by atoms with Gasteiger partial charge in [-0.3, -0.25) is 4.90 Å². The van der Waals surface area contributed by atoms with Gasteiger partial charge in [-0.05, 0) is 38.5 Å². The summed E-state index contributed by atoms with van der Waals surface area (Å²) in [5.41, 5.74) is 1.21. The molecule has 0 spiro atoms. The van der Waals surface area contributed by atoms with E-state index in [4.69, 9.17) is 0 Å². The van der Waals surface area contributed by atoms with Gasteiger partial charge in [0.1, 0.15) is 5.01 Å². The highest BCUT2D eigenvalue weighted by atomic mass is 32.1. The molecule has 1 saturated heterocycles. The van der Waals surface area contributed by atoms with Crippen LogP contribution < -0.4 is 0 Å². The smallest absolute Gasteiger partial charge is 0.107 e. The van der Waals surface area contributed by atoms with Gasteiger partial charge >= 0.3 is 0 Å². The highest BCUT2D eigenvalue weighted by molar-refractivity contribution is 7.11. The third kappa shape index (κ3) is 2.31. The van der Waals surface area contributed by atoms with Crippen LogP contribution in [0.1, 0.15) is 28.4 Å². The molecule has 0 saturated carbocycles. The van der Waals surface area contributed by atoms with E-state index in [0.717, 1.165) is 18.4 Å². The van der Waals surface area contributed by atoms with Gasteiger partial charge in [-0.1, -0.05) is 12.2 Å². The van der Waals surface area contributed by atoms with Crippen LogP contribution >= 0.6 is 11.3 Å². The Kier molecular flexibility index (Phi) is 3.05. The molecule has 1 aromatic heterocycles. The Labute approximate surface area is 107 Å². The van der Waals surface area contributed by atoms with Crippen molar-refractivity contribution in [3.63, 3.8) is 0 Å². The van der Waals surface area contributed by atoms with Gasteiger partial charge in [0.2, 0.25) is 0 Å². The number of likely N-dealkylation sites (tertiary alicyclic amines) is 1. The lowest BCUT2D eigenvalue weighted by molar-refractivity contribution is 0.313. The van der Waals surface area contributed by atoms with Crippen molar-refractivity contribution in [2.24, 2.45) is 11.8 Å². The molecule has 1 fully saturated rings. The van der Waals surface area contributed by atoms with Gasteiger partial charge in [0.15, 0.2) is 0 Å². The van der Waals surface area contributed by atoms with Crippen molar-refractivity contribution < 1.29 is 0 Å². The van der Waals surface area contributed by atoms with Crippen LogP contribution in [-0.4, -0.2) is 23.0 Å². The zero-order valence-electron chi connectivity index (χ0n) is 10.6. The molecule has 1 aliphatic heterocycles. The maximum absolute atomic E-state index is 4.65. The molecule has 17 heavy (non-hydrogen) atoms. The van der Waals surface area contributed by atoms with E-state index in [2.05, 4.69) is 35.9 Å². The predicted octanol–water partition coefficient (Wildman–Crippen LogP) is 3.16. The van der Waals surface area contributed by atoms with Crippen LogP contribution in [0.4, 0.5) is 0 Å². The second-order valence-electron chi connectivity index (χ2n) is 5.41. The Hall–Kier alpha value is -0.670. The van der Waals surface area contributed by atoms with Crippen molar-refractivity contribution in [1.29, 1.82) is 0 Å². The van der Waals surface area contributed by atoms with Gasteiger partial charge in [-0.15, -0.1) is 11.3 Å². The van der Waals surface area contributed by atoms with E-state index < -0.39 is 0 Å². The molecule has 2 heterocycles. The van der Waals surface area contributed by atoms with Crippen LogP contribution in [0.2, 0.25) is 0 Å². The number of fused-ring (bicyclic) bond motifs is 1. The summed E-state index contributed by atoms with van der Waals surface area (Å²) in [6.07, 6.45) is 7.30. The Balaban J connectivity index is 1.64. The fourth-order valence-electron chi connectivity index (χ4n) is 3.04. The molecule has 0 bridgehead atoms. The number of rotatable bonds is 2. The van der Waals surface area contributed by atoms with Crippen molar-refractivity contribution in [3.8, 4) is 0 Å². The summed E-state index contributed by atoms with van der Waals surface area (Å²) in [5, 5.41) is 1.30. The normalized spacial score (nSPS) is 28.6. The lowest BCUT2D eigenvalue weighted by Gasteiger charge is -2.18. The standard InChI is InChI=1S/C14H20N2S/c1-10-11(2)17-14(15-10)9-16-7-12-5-3-4-6-13(12)8-16/h3-4,12-13H,5-9H2,1-2H3. The Morgan fingerprint density at radius 3 is 2.41 bits per heavy atom. The van der Waals surface area contributed by atoms with Crippen LogP contribution in [0, 0.1) is 25.7 Å². The summed E-state index contributed by atoms with van der Waals surface area (Å²) in [7, 11) is 0. The van der Waals surface area contributed by atoms with Crippen LogP contribution in [0.25, 0.3) is 0 Å². The molecule has 1 aromatic rings. The lowest BCUT2D eigenvalue weighted by Crippen LogP contribution is -2.20. The molecule has 2 nitrogen and oxygen atoms in total. The lowest BCUT2D eigenvalue weighted by atomic mass is 9.86. The maximum atomic E-state index is 4.65. The monoisotopic (exact) mass is 248 g/mol. The van der Waals surface area contributed by atoms with Crippen molar-refractivity contribution >= 4 is 11.3 Å². The van der Waals surface area contributed by atoms with Crippen molar-refractivity contribution in [2.45, 2.75) is 33.2 Å². The average molecular weight is 248 g/mol. The van der Waals surface area contributed by atoms with E-state index in [-0.39, 0.29) is 0 Å². The van der Waals surface area contributed by atoms with E-state index in [1.807, 2.05) is 11.3 Å². The van der Waals surface area contributed by atoms with Gasteiger partial charge in [-0.2, -0.15) is 0 Å². The molecule has 2 aliphatic rings. The molecule has 2 unspecified atom stereocenters. The molecular weight excluding hydrogens is 228 g/mol. The second-order valence-corrected chi connectivity index (χ2v) is 6.69. The fraction of sp³-hybridized carbons (Fsp3) is 0.643. The molecule has 0 aromatic carbocycles. The highest BCUT2D eigenvalue weighted by Crippen LogP contribution is 2.33. The molecule has 2 atom stereocenters. The third-order valence-electron chi connectivity index (χ3n) is 4.13. The van der Waals surface area contributed by atoms with E-state index in [1.54, 1.807) is 0 Å². The SMILES string of the molecule is Cc1nc(CN2CC3CC=CCC3C2)sc1C. The number of hydrogen-bond donors (Lipinski definition) is 0. The van der Waals surface area contributed by atoms with E-state index in [0.29, 0.717) is 0 Å². The summed E-state index contributed by atoms with van der Waals surface area (Å²) < 4.78 is 0. The molecule has 1 aliphatic carbocycles. The van der Waals surface area contributed by atoms with E-state index in [9.17, 15) is 0 Å². The van der Waals surface area contributed by atoms with E-state index in [1.165, 1.54) is 41.5 Å². The molecule has 3 rings (SSSR count). The number of hydrogen-bond acceptors (Lipinski definition) is 3. The first kappa shape index (κ1) is 11.4. The van der Waals surface area contributed by atoms with E-state index >= 15 is 0 Å². The molecular formula is C14H20N2S. The first-order chi connectivity index (χ1) is 8.22. The van der Waals surface area contributed by atoms with Gasteiger partial charge in [0.05, 0.1) is 12.2 Å². The van der Waals surface area contributed by atoms with Gasteiger partial charge < -0.3 is 0 Å². The fourth-order valence-corrected chi connectivity index (χ4v) is 4.02. The predicted molar refractivity (Wildman–Crippen MR) is 72.2 cm³/mol. The molecule has 0 radical (unpaired) electrons. The number of nitrogens with zero attached hydrogens (tertiary/aromatic N) is 2. The van der Waals surface area contributed by atoms with Crippen LogP contribution in [0.3, 0.4) is 0 Å². The largest absolute Gasteiger partial charge is 0.296 e. The average Bonchev–Trinajstić information content (AvgIpc) is 2.83. The van der Waals surface area contributed by atoms with Crippen LogP contribution in [0.15, 0.2) is 12.2 Å². The first-order valence-electron chi connectivity index (χ1n) is 6.52. The topological polar surface area (TPSA) is 16.1 Å². The quantitative estimate of drug-likeness (QED) is 0.747. The minimum Gasteiger partial charge on any atom is -0.296 e. The molecule has 0 N–H and O–H groups in total. The molecule has 92 valence electrons. The summed E-state index contributed by atoms with van der Waals surface area (Å²) in [4.78, 5) is 8.62. The van der Waals surface area contributed by atoms with Crippen molar-refractivity contribution in [2.75, 3.05) is 13.1 Å². The number of thiazole rings is 1. The molecule has 0 amide bonds. The first-order valence-corrected chi connectivity index (χ1v) is 7.34. The zero-order valence-corrected chi connectivity index (χ0v) is 11.5. The number of aromatic nitrogens is 1. The van der Waals surface area contributed by atoms with Crippen LogP contribution in [-0.2, 0) is 6.54 Å². The summed E-state index contributed by atoms with van der Waals surface area (Å²) in [6, 6.07) is 0. The molecule has 3 heteroatoms. The third-order valence-corrected chi connectivity index (χ3v) is 5.19. The van der Waals surface area contributed by atoms with Crippen molar-refractivity contribution in [1.82, 2.24) is 9.88 Å². The number of aryl methyl sites for hydroxylation is 2. The minimum absolute atomic E-state index is 0.905. The van der Waals surface area contributed by atoms with Gasteiger partial charge in [-0.25, -0.2) is 4.98 Å². The highest BCUT2D eigenvalue weighted by Gasteiger charge is 2.32. The van der Waals surface area contributed by atoms with Crippen molar-refractivity contribution in [3.05, 3.63) is 27.7 Å². The minimum atomic E-state index is 0.905. The Bertz CT molecular complexity index is 400. The summed E-state index contributed by atoms with van der Waals surface area (Å²) in [5.74, 6) is 1.81. The Morgan fingerprint density at radius 2 is 1.88 bits per heavy atom. The summed E-state index contributed by atoms with van der Waals surface area (Å²) >= 11 is 1.87. The Morgan fingerprint density at radius 1 is 1.24 bits per heavy atom. The van der Waals surface area contributed by atoms with Crippen LogP contribution in [0.5, 0.6) is 0 Å². The van der Waals surface area contributed by atoms with Gasteiger partial charge in [0.25, 0.3) is 0 Å². The zero-order chi connectivity index (χ0) is 11.8. The number of allylic oxidation sites excluding steroid dienone is 2. The van der Waals surface area contributed by atoms with Gasteiger partial charge in [0, 0.05) is 18.0 Å². The summed E-state index contributed by atoms with van der Waals surface area (Å²) in [6.45, 7) is 7.89. The second kappa shape index (κ2) is 4.54. The maximum Gasteiger partial charge on any atom is 0.107 e.